The molecule has 3 heteroatoms. The maximum atomic E-state index is 5.50. The van der Waals surface area contributed by atoms with Crippen LogP contribution in [0.15, 0.2) is 33.1 Å². The van der Waals surface area contributed by atoms with E-state index in [1.165, 1.54) is 5.57 Å². The van der Waals surface area contributed by atoms with Gasteiger partial charge >= 0.3 is 0 Å². The highest BCUT2D eigenvalue weighted by molar-refractivity contribution is 6.17. The molecule has 0 bridgehead atoms. The SMILES string of the molecule is C1=NC2=CCC3=C(OCC3)C2=N1. The molecule has 12 heavy (non-hydrogen) atoms. The van der Waals surface area contributed by atoms with Crippen molar-refractivity contribution in [1.29, 1.82) is 0 Å². The first-order valence-corrected chi connectivity index (χ1v) is 4.11. The number of hydrogen-bond acceptors (Lipinski definition) is 3. The molecule has 0 amide bonds. The van der Waals surface area contributed by atoms with Crippen molar-refractivity contribution in [3.8, 4) is 0 Å². The monoisotopic (exact) mass is 160 g/mol. The molecule has 0 unspecified atom stereocenters. The van der Waals surface area contributed by atoms with Gasteiger partial charge in [-0.25, -0.2) is 9.98 Å². The Morgan fingerprint density at radius 1 is 1.42 bits per heavy atom. The van der Waals surface area contributed by atoms with Crippen LogP contribution in [0.3, 0.4) is 0 Å². The fourth-order valence-electron chi connectivity index (χ4n) is 1.74. The largest absolute Gasteiger partial charge is 0.491 e. The first-order valence-electron chi connectivity index (χ1n) is 4.11. The van der Waals surface area contributed by atoms with E-state index >= 15 is 0 Å². The molecule has 0 aromatic carbocycles. The van der Waals surface area contributed by atoms with Gasteiger partial charge in [-0.3, -0.25) is 0 Å². The number of rotatable bonds is 0. The predicted octanol–water partition coefficient (Wildman–Crippen LogP) is 1.43. The first-order chi connectivity index (χ1) is 5.95. The molecule has 0 atom stereocenters. The van der Waals surface area contributed by atoms with Gasteiger partial charge < -0.3 is 4.74 Å². The van der Waals surface area contributed by atoms with Gasteiger partial charge in [0.05, 0.1) is 12.3 Å². The summed E-state index contributed by atoms with van der Waals surface area (Å²) in [5, 5.41) is 0. The van der Waals surface area contributed by atoms with E-state index in [1.54, 1.807) is 6.34 Å². The molecule has 0 saturated carbocycles. The smallest absolute Gasteiger partial charge is 0.146 e. The average molecular weight is 160 g/mol. The molecule has 0 fully saturated rings. The summed E-state index contributed by atoms with van der Waals surface area (Å²) in [7, 11) is 0. The van der Waals surface area contributed by atoms with Crippen LogP contribution in [-0.2, 0) is 4.74 Å². The number of hydrogen-bond donors (Lipinski definition) is 0. The second-order valence-electron chi connectivity index (χ2n) is 3.05. The van der Waals surface area contributed by atoms with Crippen LogP contribution in [0.2, 0.25) is 0 Å². The van der Waals surface area contributed by atoms with Crippen molar-refractivity contribution < 1.29 is 4.74 Å². The number of aliphatic imine (C=N–C) groups is 2. The summed E-state index contributed by atoms with van der Waals surface area (Å²) in [5.41, 5.74) is 3.30. The maximum absolute atomic E-state index is 5.50. The molecule has 60 valence electrons. The molecule has 0 aromatic rings. The van der Waals surface area contributed by atoms with Gasteiger partial charge in [-0.05, 0) is 12.0 Å². The molecule has 1 aliphatic carbocycles. The van der Waals surface area contributed by atoms with Gasteiger partial charge in [-0.15, -0.1) is 0 Å². The van der Waals surface area contributed by atoms with Crippen LogP contribution in [0.5, 0.6) is 0 Å². The Labute approximate surface area is 70.2 Å². The number of fused-ring (bicyclic) bond motifs is 2. The highest BCUT2D eigenvalue weighted by Gasteiger charge is 2.27. The Morgan fingerprint density at radius 3 is 3.42 bits per heavy atom. The Bertz CT molecular complexity index is 361. The number of nitrogens with zero attached hydrogens (tertiary/aromatic N) is 2. The second-order valence-corrected chi connectivity index (χ2v) is 3.05. The van der Waals surface area contributed by atoms with Crippen molar-refractivity contribution in [3.63, 3.8) is 0 Å². The molecular formula is C9H8N2O. The van der Waals surface area contributed by atoms with Gasteiger partial charge in [0, 0.05) is 6.42 Å². The molecule has 0 N–H and O–H groups in total. The summed E-state index contributed by atoms with van der Waals surface area (Å²) in [6.07, 6.45) is 5.76. The zero-order valence-electron chi connectivity index (χ0n) is 6.58. The minimum Gasteiger partial charge on any atom is -0.491 e. The second kappa shape index (κ2) is 2.06. The third-order valence-corrected chi connectivity index (χ3v) is 2.35. The zero-order chi connectivity index (χ0) is 7.97. The molecule has 3 rings (SSSR count). The van der Waals surface area contributed by atoms with E-state index in [1.807, 2.05) is 0 Å². The van der Waals surface area contributed by atoms with Crippen molar-refractivity contribution in [2.24, 2.45) is 9.98 Å². The minimum absolute atomic E-state index is 0.810. The summed E-state index contributed by atoms with van der Waals surface area (Å²) in [5.74, 6) is 0.991. The standard InChI is InChI=1S/C9H8N2O/c1-2-7-8(11-5-10-7)9-6(1)3-4-12-9/h2,5H,1,3-4H2. The topological polar surface area (TPSA) is 34.0 Å². The minimum atomic E-state index is 0.810. The van der Waals surface area contributed by atoms with Gasteiger partial charge in [0.15, 0.2) is 0 Å². The van der Waals surface area contributed by atoms with Crippen molar-refractivity contribution in [1.82, 2.24) is 0 Å². The van der Waals surface area contributed by atoms with E-state index in [0.717, 1.165) is 36.6 Å². The molecule has 2 aliphatic heterocycles. The van der Waals surface area contributed by atoms with E-state index < -0.39 is 0 Å². The van der Waals surface area contributed by atoms with Crippen molar-refractivity contribution >= 4 is 12.1 Å². The summed E-state index contributed by atoms with van der Waals surface area (Å²) in [4.78, 5) is 8.31. The Kier molecular flexibility index (Phi) is 1.06. The van der Waals surface area contributed by atoms with E-state index in [4.69, 9.17) is 4.74 Å². The fraction of sp³-hybridized carbons (Fsp3) is 0.333. The normalized spacial score (nSPS) is 24.7. The van der Waals surface area contributed by atoms with Gasteiger partial charge in [0.2, 0.25) is 0 Å². The zero-order valence-corrected chi connectivity index (χ0v) is 6.58. The summed E-state index contributed by atoms with van der Waals surface area (Å²) in [6, 6.07) is 0. The molecule has 0 radical (unpaired) electrons. The lowest BCUT2D eigenvalue weighted by atomic mass is 10.00. The van der Waals surface area contributed by atoms with E-state index in [-0.39, 0.29) is 0 Å². The molecule has 0 spiro atoms. The number of ether oxygens (including phenoxy) is 1. The molecule has 0 saturated heterocycles. The fourth-order valence-corrected chi connectivity index (χ4v) is 1.74. The van der Waals surface area contributed by atoms with Crippen LogP contribution in [0, 0.1) is 0 Å². The van der Waals surface area contributed by atoms with Crippen LogP contribution < -0.4 is 0 Å². The lowest BCUT2D eigenvalue weighted by molar-refractivity contribution is 0.263. The van der Waals surface area contributed by atoms with Crippen molar-refractivity contribution in [2.45, 2.75) is 12.8 Å². The predicted molar refractivity (Wildman–Crippen MR) is 46.2 cm³/mol. The van der Waals surface area contributed by atoms with E-state index in [0.29, 0.717) is 0 Å². The van der Waals surface area contributed by atoms with Crippen LogP contribution in [0.4, 0.5) is 0 Å². The van der Waals surface area contributed by atoms with Crippen LogP contribution >= 0.6 is 0 Å². The number of allylic oxidation sites excluding steroid dienone is 1. The summed E-state index contributed by atoms with van der Waals surface area (Å²) in [6.45, 7) is 0.810. The Balaban J connectivity index is 2.11. The quantitative estimate of drug-likeness (QED) is 0.527. The lowest BCUT2D eigenvalue weighted by Crippen LogP contribution is -2.08. The summed E-state index contributed by atoms with van der Waals surface area (Å²) < 4.78 is 5.50. The van der Waals surface area contributed by atoms with Crippen LogP contribution in [0.25, 0.3) is 0 Å². The van der Waals surface area contributed by atoms with Gasteiger partial charge in [0.25, 0.3) is 0 Å². The Hall–Kier alpha value is -1.38. The molecule has 0 aromatic heterocycles. The van der Waals surface area contributed by atoms with Gasteiger partial charge in [-0.1, -0.05) is 6.08 Å². The Morgan fingerprint density at radius 2 is 2.42 bits per heavy atom. The maximum Gasteiger partial charge on any atom is 0.146 e. The van der Waals surface area contributed by atoms with E-state index in [9.17, 15) is 0 Å². The molecular weight excluding hydrogens is 152 g/mol. The molecule has 2 heterocycles. The average Bonchev–Trinajstić information content (AvgIpc) is 2.71. The van der Waals surface area contributed by atoms with Crippen molar-refractivity contribution in [3.05, 3.63) is 23.1 Å². The lowest BCUT2D eigenvalue weighted by Gasteiger charge is -2.10. The highest BCUT2D eigenvalue weighted by atomic mass is 16.5. The van der Waals surface area contributed by atoms with Crippen molar-refractivity contribution in [2.75, 3.05) is 6.61 Å². The molecule has 3 aliphatic rings. The summed E-state index contributed by atoms with van der Waals surface area (Å²) >= 11 is 0. The van der Waals surface area contributed by atoms with E-state index in [2.05, 4.69) is 16.1 Å². The third-order valence-electron chi connectivity index (χ3n) is 2.35. The van der Waals surface area contributed by atoms with Crippen LogP contribution in [0.1, 0.15) is 12.8 Å². The highest BCUT2D eigenvalue weighted by Crippen LogP contribution is 2.32. The van der Waals surface area contributed by atoms with Gasteiger partial charge in [-0.2, -0.15) is 0 Å². The van der Waals surface area contributed by atoms with Gasteiger partial charge in [0.1, 0.15) is 17.8 Å². The molecule has 3 nitrogen and oxygen atoms in total. The third kappa shape index (κ3) is 0.656. The first kappa shape index (κ1) is 6.17. The van der Waals surface area contributed by atoms with Crippen LogP contribution in [-0.4, -0.2) is 18.7 Å².